The minimum atomic E-state index is -0.663. The maximum absolute atomic E-state index is 13.0. The van der Waals surface area contributed by atoms with Gasteiger partial charge in [-0.3, -0.25) is 9.59 Å². The van der Waals surface area contributed by atoms with Crippen molar-refractivity contribution in [3.8, 4) is 5.75 Å². The number of ether oxygens (including phenoxy) is 1. The number of methoxy groups -OCH3 is 1. The van der Waals surface area contributed by atoms with E-state index in [4.69, 9.17) is 4.74 Å². The van der Waals surface area contributed by atoms with E-state index in [1.54, 1.807) is 30.2 Å². The second-order valence-electron chi connectivity index (χ2n) is 7.89. The van der Waals surface area contributed by atoms with Gasteiger partial charge in [0.25, 0.3) is 11.7 Å². The predicted molar refractivity (Wildman–Crippen MR) is 124 cm³/mol. The van der Waals surface area contributed by atoms with E-state index in [1.165, 1.54) is 0 Å². The SMILES string of the molecule is COc1ccc(/C(O)=C2\C(=O)C(=O)N(CCCN(C)C)[C@@H]2c2ccc(Br)cc2)cc1C. The molecule has 1 fully saturated rings. The topological polar surface area (TPSA) is 70.1 Å². The monoisotopic (exact) mass is 486 g/mol. The summed E-state index contributed by atoms with van der Waals surface area (Å²) in [4.78, 5) is 29.6. The number of benzene rings is 2. The van der Waals surface area contributed by atoms with Crippen LogP contribution in [0.5, 0.6) is 5.75 Å². The van der Waals surface area contributed by atoms with E-state index in [1.807, 2.05) is 50.2 Å². The lowest BCUT2D eigenvalue weighted by molar-refractivity contribution is -0.139. The van der Waals surface area contributed by atoms with Crippen LogP contribution in [0.25, 0.3) is 5.76 Å². The van der Waals surface area contributed by atoms with E-state index >= 15 is 0 Å². The van der Waals surface area contributed by atoms with Gasteiger partial charge in [0.15, 0.2) is 0 Å². The number of hydrogen-bond acceptors (Lipinski definition) is 5. The minimum absolute atomic E-state index is 0.113. The lowest BCUT2D eigenvalue weighted by atomic mass is 9.95. The average molecular weight is 487 g/mol. The molecule has 1 aliphatic heterocycles. The van der Waals surface area contributed by atoms with Crippen molar-refractivity contribution < 1.29 is 19.4 Å². The van der Waals surface area contributed by atoms with Gasteiger partial charge in [-0.05, 0) is 75.4 Å². The summed E-state index contributed by atoms with van der Waals surface area (Å²) in [6.45, 7) is 3.07. The van der Waals surface area contributed by atoms with Gasteiger partial charge in [-0.25, -0.2) is 0 Å². The van der Waals surface area contributed by atoms with Gasteiger partial charge in [0.05, 0.1) is 18.7 Å². The number of halogens is 1. The number of aryl methyl sites for hydroxylation is 1. The van der Waals surface area contributed by atoms with Crippen molar-refractivity contribution in [1.29, 1.82) is 0 Å². The predicted octanol–water partition coefficient (Wildman–Crippen LogP) is 4.14. The highest BCUT2D eigenvalue weighted by Crippen LogP contribution is 2.40. The molecule has 1 saturated heterocycles. The number of ketones is 1. The van der Waals surface area contributed by atoms with Crippen LogP contribution >= 0.6 is 15.9 Å². The van der Waals surface area contributed by atoms with Crippen LogP contribution in [-0.2, 0) is 9.59 Å². The Hall–Kier alpha value is -2.64. The number of likely N-dealkylation sites (tertiary alicyclic amines) is 1. The van der Waals surface area contributed by atoms with Gasteiger partial charge >= 0.3 is 0 Å². The maximum Gasteiger partial charge on any atom is 0.295 e. The first-order chi connectivity index (χ1) is 14.7. The number of aliphatic hydroxyl groups is 1. The molecule has 0 radical (unpaired) electrons. The van der Waals surface area contributed by atoms with Crippen molar-refractivity contribution in [2.75, 3.05) is 34.3 Å². The summed E-state index contributed by atoms with van der Waals surface area (Å²) in [5, 5.41) is 11.1. The lowest BCUT2D eigenvalue weighted by Crippen LogP contribution is -2.32. The molecule has 1 heterocycles. The number of Topliss-reactive ketones (excluding diaryl/α,β-unsaturated/α-hetero) is 1. The standard InChI is InChI=1S/C24H27BrN2O4/c1-15-14-17(8-11-19(15)31-4)22(28)20-21(16-6-9-18(25)10-7-16)27(24(30)23(20)29)13-5-12-26(2)3/h6-11,14,21,28H,5,12-13H2,1-4H3/b22-20+/t21-/m1/s1. The summed E-state index contributed by atoms with van der Waals surface area (Å²) in [6, 6.07) is 12.0. The number of carbonyl (C=O) groups excluding carboxylic acids is 2. The molecule has 0 spiro atoms. The Kier molecular flexibility index (Phi) is 7.18. The highest BCUT2D eigenvalue weighted by atomic mass is 79.9. The third-order valence-electron chi connectivity index (χ3n) is 5.40. The maximum atomic E-state index is 13.0. The average Bonchev–Trinajstić information content (AvgIpc) is 2.98. The zero-order valence-corrected chi connectivity index (χ0v) is 19.8. The second kappa shape index (κ2) is 9.66. The van der Waals surface area contributed by atoms with Gasteiger partial charge in [0.2, 0.25) is 0 Å². The number of carbonyl (C=O) groups is 2. The van der Waals surface area contributed by atoms with Crippen LogP contribution in [0.15, 0.2) is 52.5 Å². The first-order valence-electron chi connectivity index (χ1n) is 10.1. The van der Waals surface area contributed by atoms with Crippen LogP contribution in [0.1, 0.15) is 29.2 Å². The molecule has 1 N–H and O–H groups in total. The van der Waals surface area contributed by atoms with Crippen LogP contribution < -0.4 is 4.74 Å². The molecule has 164 valence electrons. The molecule has 3 rings (SSSR count). The van der Waals surface area contributed by atoms with Crippen LogP contribution in [0.4, 0.5) is 0 Å². The molecule has 1 atom stereocenters. The highest BCUT2D eigenvalue weighted by molar-refractivity contribution is 9.10. The molecule has 7 heteroatoms. The molecule has 0 bridgehead atoms. The van der Waals surface area contributed by atoms with E-state index < -0.39 is 17.7 Å². The van der Waals surface area contributed by atoms with Crippen molar-refractivity contribution in [3.05, 3.63) is 69.2 Å². The first-order valence-corrected chi connectivity index (χ1v) is 10.9. The zero-order valence-electron chi connectivity index (χ0n) is 18.2. The lowest BCUT2D eigenvalue weighted by Gasteiger charge is -2.26. The van der Waals surface area contributed by atoms with Gasteiger partial charge in [0, 0.05) is 16.6 Å². The van der Waals surface area contributed by atoms with Crippen molar-refractivity contribution in [3.63, 3.8) is 0 Å². The third-order valence-corrected chi connectivity index (χ3v) is 5.93. The smallest absolute Gasteiger partial charge is 0.295 e. The zero-order chi connectivity index (χ0) is 22.7. The van der Waals surface area contributed by atoms with E-state index in [0.29, 0.717) is 24.3 Å². The summed E-state index contributed by atoms with van der Waals surface area (Å²) in [5.74, 6) is -0.737. The molecule has 0 aromatic heterocycles. The quantitative estimate of drug-likeness (QED) is 0.361. The molecular formula is C24H27BrN2O4. The van der Waals surface area contributed by atoms with E-state index in [-0.39, 0.29) is 11.3 Å². The number of amides is 1. The fraction of sp³-hybridized carbons (Fsp3) is 0.333. The highest BCUT2D eigenvalue weighted by Gasteiger charge is 2.45. The van der Waals surface area contributed by atoms with Crippen LogP contribution in [-0.4, -0.2) is 60.9 Å². The van der Waals surface area contributed by atoms with Crippen LogP contribution in [0, 0.1) is 6.92 Å². The Morgan fingerprint density at radius 3 is 2.42 bits per heavy atom. The largest absolute Gasteiger partial charge is 0.507 e. The molecule has 31 heavy (non-hydrogen) atoms. The Balaban J connectivity index is 2.10. The van der Waals surface area contributed by atoms with E-state index in [9.17, 15) is 14.7 Å². The Morgan fingerprint density at radius 1 is 1.16 bits per heavy atom. The van der Waals surface area contributed by atoms with E-state index in [2.05, 4.69) is 15.9 Å². The fourth-order valence-corrected chi connectivity index (χ4v) is 4.11. The van der Waals surface area contributed by atoms with Gasteiger partial charge in [-0.15, -0.1) is 0 Å². The normalized spacial score (nSPS) is 18.1. The van der Waals surface area contributed by atoms with E-state index in [0.717, 1.165) is 22.1 Å². The molecule has 1 amide bonds. The van der Waals surface area contributed by atoms with Gasteiger partial charge < -0.3 is 19.6 Å². The molecule has 1 aliphatic rings. The van der Waals surface area contributed by atoms with Gasteiger partial charge in [-0.1, -0.05) is 28.1 Å². The van der Waals surface area contributed by atoms with Crippen LogP contribution in [0.3, 0.4) is 0 Å². The molecule has 0 saturated carbocycles. The number of hydrogen-bond donors (Lipinski definition) is 1. The summed E-state index contributed by atoms with van der Waals surface area (Å²) >= 11 is 3.43. The van der Waals surface area contributed by atoms with Crippen molar-refractivity contribution in [2.24, 2.45) is 0 Å². The Bertz CT molecular complexity index is 1010. The summed E-state index contributed by atoms with van der Waals surface area (Å²) < 4.78 is 6.19. The molecule has 2 aromatic carbocycles. The van der Waals surface area contributed by atoms with Crippen LogP contribution in [0.2, 0.25) is 0 Å². The molecule has 0 aliphatic carbocycles. The Morgan fingerprint density at radius 2 is 1.84 bits per heavy atom. The first kappa shape index (κ1) is 23.0. The number of nitrogens with zero attached hydrogens (tertiary/aromatic N) is 2. The molecule has 2 aromatic rings. The molecular weight excluding hydrogens is 460 g/mol. The third kappa shape index (κ3) is 4.83. The van der Waals surface area contributed by atoms with Crippen molar-refractivity contribution in [1.82, 2.24) is 9.80 Å². The Labute approximate surface area is 191 Å². The second-order valence-corrected chi connectivity index (χ2v) is 8.80. The number of rotatable bonds is 7. The molecule has 0 unspecified atom stereocenters. The number of aliphatic hydroxyl groups excluding tert-OH is 1. The fourth-order valence-electron chi connectivity index (χ4n) is 3.84. The summed E-state index contributed by atoms with van der Waals surface area (Å²) in [5.41, 5.74) is 2.19. The minimum Gasteiger partial charge on any atom is -0.507 e. The van der Waals surface area contributed by atoms with Crippen molar-refractivity contribution in [2.45, 2.75) is 19.4 Å². The van der Waals surface area contributed by atoms with Gasteiger partial charge in [0.1, 0.15) is 11.5 Å². The van der Waals surface area contributed by atoms with Crippen molar-refractivity contribution >= 4 is 33.4 Å². The molecule has 6 nitrogen and oxygen atoms in total. The van der Waals surface area contributed by atoms with Gasteiger partial charge in [-0.2, -0.15) is 0 Å². The summed E-state index contributed by atoms with van der Waals surface area (Å²) in [6.07, 6.45) is 0.717. The summed E-state index contributed by atoms with van der Waals surface area (Å²) in [7, 11) is 5.51.